The molecular formula is C48H94O7. The fraction of sp³-hybridized carbons (Fsp3) is 0.917. The Labute approximate surface area is 342 Å². The van der Waals surface area contributed by atoms with Crippen LogP contribution >= 0.6 is 0 Å². The molecule has 0 spiro atoms. The van der Waals surface area contributed by atoms with Crippen molar-refractivity contribution in [3.8, 4) is 0 Å². The zero-order chi connectivity index (χ0) is 40.1. The van der Waals surface area contributed by atoms with Crippen LogP contribution in [0.3, 0.4) is 0 Å². The monoisotopic (exact) mass is 783 g/mol. The van der Waals surface area contributed by atoms with Gasteiger partial charge >= 0.3 is 0 Å². The standard InChI is InChI=1S/C48H94O7/c1-7-13-19-23-31-41-49-45(50-42-32-24-20-14-8-2)35-27-29-37-47(53-39-17-11-5)55-48(54-40-18-12-6)38-30-28-36-46(51-43-33-25-21-15-9-3)52-44-34-26-22-16-10-4/h29-30,37-38,45-48H,7-28,31-36,39-44H2,1-6H3. The van der Waals surface area contributed by atoms with E-state index >= 15 is 0 Å². The van der Waals surface area contributed by atoms with Gasteiger partial charge in [0.05, 0.1) is 13.2 Å². The topological polar surface area (TPSA) is 64.6 Å². The number of hydrogen-bond acceptors (Lipinski definition) is 7. The van der Waals surface area contributed by atoms with Gasteiger partial charge in [-0.25, -0.2) is 0 Å². The lowest BCUT2D eigenvalue weighted by Crippen LogP contribution is -2.25. The minimum Gasteiger partial charge on any atom is -0.353 e. The molecule has 0 rings (SSSR count). The van der Waals surface area contributed by atoms with E-state index in [-0.39, 0.29) is 12.6 Å². The van der Waals surface area contributed by atoms with E-state index in [1.54, 1.807) is 0 Å². The normalized spacial score (nSPS) is 13.4. The molecule has 0 fully saturated rings. The molecule has 7 heteroatoms. The third-order valence-electron chi connectivity index (χ3n) is 9.76. The van der Waals surface area contributed by atoms with Gasteiger partial charge in [0.2, 0.25) is 0 Å². The summed E-state index contributed by atoms with van der Waals surface area (Å²) in [6, 6.07) is 0. The largest absolute Gasteiger partial charge is 0.353 e. The molecule has 0 bridgehead atoms. The second kappa shape index (κ2) is 45.9. The Morgan fingerprint density at radius 1 is 0.309 bits per heavy atom. The summed E-state index contributed by atoms with van der Waals surface area (Å²) < 4.78 is 43.9. The van der Waals surface area contributed by atoms with Gasteiger partial charge in [-0.15, -0.1) is 0 Å². The summed E-state index contributed by atoms with van der Waals surface area (Å²) in [7, 11) is 0. The maximum atomic E-state index is 6.46. The molecule has 0 amide bonds. The maximum Gasteiger partial charge on any atom is 0.180 e. The minimum absolute atomic E-state index is 0.172. The van der Waals surface area contributed by atoms with Crippen molar-refractivity contribution in [2.24, 2.45) is 0 Å². The van der Waals surface area contributed by atoms with E-state index in [0.717, 1.165) is 103 Å². The van der Waals surface area contributed by atoms with Crippen LogP contribution in [-0.4, -0.2) is 64.8 Å². The molecule has 0 radical (unpaired) electrons. The van der Waals surface area contributed by atoms with Crippen molar-refractivity contribution < 1.29 is 33.2 Å². The molecule has 0 heterocycles. The Morgan fingerprint density at radius 3 is 0.873 bits per heavy atom. The van der Waals surface area contributed by atoms with Gasteiger partial charge in [0.15, 0.2) is 25.2 Å². The molecule has 2 unspecified atom stereocenters. The van der Waals surface area contributed by atoms with Crippen LogP contribution in [0.2, 0.25) is 0 Å². The minimum atomic E-state index is -0.486. The zero-order valence-electron chi connectivity index (χ0n) is 37.5. The first-order valence-electron chi connectivity index (χ1n) is 23.8. The van der Waals surface area contributed by atoms with Crippen molar-refractivity contribution >= 4 is 0 Å². The Morgan fingerprint density at radius 2 is 0.582 bits per heavy atom. The second-order valence-electron chi connectivity index (χ2n) is 15.3. The highest BCUT2D eigenvalue weighted by molar-refractivity contribution is 4.90. The summed E-state index contributed by atoms with van der Waals surface area (Å²) in [6.45, 7) is 17.7. The van der Waals surface area contributed by atoms with Crippen LogP contribution in [-0.2, 0) is 33.2 Å². The second-order valence-corrected chi connectivity index (χ2v) is 15.3. The lowest BCUT2D eigenvalue weighted by atomic mass is 10.2. The fourth-order valence-electron chi connectivity index (χ4n) is 6.09. The van der Waals surface area contributed by atoms with E-state index in [0.29, 0.717) is 13.2 Å². The molecule has 328 valence electrons. The highest BCUT2D eigenvalue weighted by atomic mass is 16.8. The fourth-order valence-corrected chi connectivity index (χ4v) is 6.09. The summed E-state index contributed by atoms with van der Waals surface area (Å²) in [4.78, 5) is 0. The van der Waals surface area contributed by atoms with Crippen LogP contribution < -0.4 is 0 Å². The predicted molar refractivity (Wildman–Crippen MR) is 234 cm³/mol. The van der Waals surface area contributed by atoms with E-state index in [9.17, 15) is 0 Å². The Kier molecular flexibility index (Phi) is 45.2. The van der Waals surface area contributed by atoms with Gasteiger partial charge in [-0.1, -0.05) is 169 Å². The highest BCUT2D eigenvalue weighted by Crippen LogP contribution is 2.15. The van der Waals surface area contributed by atoms with Gasteiger partial charge in [-0.3, -0.25) is 0 Å². The Balaban J connectivity index is 5.32. The third kappa shape index (κ3) is 39.8. The first-order valence-corrected chi connectivity index (χ1v) is 23.8. The lowest BCUT2D eigenvalue weighted by molar-refractivity contribution is -0.208. The van der Waals surface area contributed by atoms with Crippen LogP contribution in [0.15, 0.2) is 24.3 Å². The summed E-state index contributed by atoms with van der Waals surface area (Å²) in [5.74, 6) is 0. The average molecular weight is 783 g/mol. The summed E-state index contributed by atoms with van der Waals surface area (Å²) in [5, 5.41) is 0. The first kappa shape index (κ1) is 54.2. The number of rotatable bonds is 46. The van der Waals surface area contributed by atoms with E-state index < -0.39 is 12.6 Å². The number of ether oxygens (including phenoxy) is 7. The van der Waals surface area contributed by atoms with Crippen LogP contribution in [0.25, 0.3) is 0 Å². The number of hydrogen-bond donors (Lipinski definition) is 0. The molecule has 0 aromatic rings. The maximum absolute atomic E-state index is 6.46. The van der Waals surface area contributed by atoms with Crippen molar-refractivity contribution in [2.45, 2.75) is 246 Å². The van der Waals surface area contributed by atoms with Gasteiger partial charge in [-0.2, -0.15) is 0 Å². The van der Waals surface area contributed by atoms with Crippen molar-refractivity contribution in [3.05, 3.63) is 24.3 Å². The number of allylic oxidation sites excluding steroid dienone is 2. The molecule has 0 aromatic heterocycles. The number of unbranched alkanes of at least 4 members (excludes halogenated alkanes) is 18. The predicted octanol–water partition coefficient (Wildman–Crippen LogP) is 14.6. The quantitative estimate of drug-likeness (QED) is 0.0346. The molecule has 0 saturated heterocycles. The SMILES string of the molecule is CCCCCCCOC(CCC=CC(OCCCC)OC(C=CCCC(OCCCCCCC)OCCCCCCC)OCCCC)OCCCCCCC. The molecule has 0 saturated carbocycles. The molecule has 0 aliphatic carbocycles. The molecule has 2 atom stereocenters. The van der Waals surface area contributed by atoms with E-state index in [1.165, 1.54) is 103 Å². The molecule has 0 aliphatic rings. The van der Waals surface area contributed by atoms with Gasteiger partial charge in [0.25, 0.3) is 0 Å². The molecule has 55 heavy (non-hydrogen) atoms. The molecule has 7 nitrogen and oxygen atoms in total. The highest BCUT2D eigenvalue weighted by Gasteiger charge is 2.15. The summed E-state index contributed by atoms with van der Waals surface area (Å²) >= 11 is 0. The summed E-state index contributed by atoms with van der Waals surface area (Å²) in [6.07, 6.45) is 39.2. The average Bonchev–Trinajstić information content (AvgIpc) is 3.19. The van der Waals surface area contributed by atoms with Crippen molar-refractivity contribution in [2.75, 3.05) is 39.6 Å². The van der Waals surface area contributed by atoms with Gasteiger partial charge < -0.3 is 33.2 Å². The van der Waals surface area contributed by atoms with Crippen molar-refractivity contribution in [3.63, 3.8) is 0 Å². The summed E-state index contributed by atoms with van der Waals surface area (Å²) in [5.41, 5.74) is 0. The smallest absolute Gasteiger partial charge is 0.180 e. The molecule has 0 aliphatic heterocycles. The van der Waals surface area contributed by atoms with Crippen LogP contribution in [0.4, 0.5) is 0 Å². The third-order valence-corrected chi connectivity index (χ3v) is 9.76. The van der Waals surface area contributed by atoms with Crippen molar-refractivity contribution in [1.82, 2.24) is 0 Å². The molecular weight excluding hydrogens is 689 g/mol. The Hall–Kier alpha value is -0.800. The van der Waals surface area contributed by atoms with E-state index in [1.807, 2.05) is 12.2 Å². The van der Waals surface area contributed by atoms with E-state index in [2.05, 4.69) is 53.7 Å². The Bertz CT molecular complexity index is 681. The van der Waals surface area contributed by atoms with Crippen LogP contribution in [0.1, 0.15) is 221 Å². The molecule has 0 aromatic carbocycles. The van der Waals surface area contributed by atoms with Crippen LogP contribution in [0.5, 0.6) is 0 Å². The van der Waals surface area contributed by atoms with Crippen molar-refractivity contribution in [1.29, 1.82) is 0 Å². The van der Waals surface area contributed by atoms with Gasteiger partial charge in [0.1, 0.15) is 0 Å². The van der Waals surface area contributed by atoms with Gasteiger partial charge in [0, 0.05) is 39.3 Å². The zero-order valence-corrected chi connectivity index (χ0v) is 37.5. The lowest BCUT2D eigenvalue weighted by Gasteiger charge is -2.22. The van der Waals surface area contributed by atoms with Crippen LogP contribution in [0, 0.1) is 0 Å². The van der Waals surface area contributed by atoms with Gasteiger partial charge in [-0.05, 0) is 63.5 Å². The first-order chi connectivity index (χ1) is 27.1. The molecule has 0 N–H and O–H groups in total. The van der Waals surface area contributed by atoms with E-state index in [4.69, 9.17) is 33.2 Å².